The van der Waals surface area contributed by atoms with Crippen LogP contribution in [0.15, 0.2) is 22.3 Å². The van der Waals surface area contributed by atoms with Gasteiger partial charge in [0.05, 0.1) is 24.8 Å². The van der Waals surface area contributed by atoms with Crippen LogP contribution in [0.3, 0.4) is 0 Å². The first kappa shape index (κ1) is 28.4. The molecule has 0 bridgehead atoms. The van der Waals surface area contributed by atoms with Gasteiger partial charge in [0.25, 0.3) is 5.91 Å². The molecule has 0 unspecified atom stereocenters. The van der Waals surface area contributed by atoms with E-state index in [9.17, 15) is 19.2 Å². The zero-order valence-electron chi connectivity index (χ0n) is 21.5. The molecule has 12 nitrogen and oxygen atoms in total. The van der Waals surface area contributed by atoms with Crippen LogP contribution in [0.1, 0.15) is 48.3 Å². The van der Waals surface area contributed by atoms with Crippen LogP contribution in [0.2, 0.25) is 0 Å². The minimum Gasteiger partial charge on any atom is -0.382 e. The number of hydrogen-bond donors (Lipinski definition) is 3. The average Bonchev–Trinajstić information content (AvgIpc) is 3.20. The maximum atomic E-state index is 13.4. The summed E-state index contributed by atoms with van der Waals surface area (Å²) in [5.74, 6) is -1.42. The van der Waals surface area contributed by atoms with Crippen molar-refractivity contribution >= 4 is 34.8 Å². The summed E-state index contributed by atoms with van der Waals surface area (Å²) < 4.78 is 15.3. The summed E-state index contributed by atoms with van der Waals surface area (Å²) in [6.07, 6.45) is 2.17. The van der Waals surface area contributed by atoms with Crippen molar-refractivity contribution in [2.45, 2.75) is 64.3 Å². The molecule has 1 aliphatic heterocycles. The Bertz CT molecular complexity index is 1100. The third-order valence-corrected chi connectivity index (χ3v) is 6.58. The molecule has 1 saturated heterocycles. The molecule has 0 aromatic carbocycles. The van der Waals surface area contributed by atoms with Gasteiger partial charge in [0.2, 0.25) is 11.8 Å². The molecule has 3 N–H and O–H groups in total. The standard InChI is InChI=1S/C24H33N5O7S/c1-13(2)6-16(20(30)24(4)11-35-24)26-21(31)17(8-15-9-25-12-37-15)27-23(33)19(10-34-5)28-22(32)18-7-14(3)36-29-18/h7,9,12-13,16-17,19H,6,8,10-11H2,1-5H3,(H,26,31)(H,27,33)(H,28,32)/t16-,17-,19-,24-/m0/s1. The summed E-state index contributed by atoms with van der Waals surface area (Å²) >= 11 is 1.33. The van der Waals surface area contributed by atoms with E-state index in [1.807, 2.05) is 13.8 Å². The number of epoxide rings is 1. The Morgan fingerprint density at radius 3 is 2.35 bits per heavy atom. The Kier molecular flexibility index (Phi) is 9.51. The lowest BCUT2D eigenvalue weighted by Crippen LogP contribution is -2.58. The minimum atomic E-state index is -1.11. The van der Waals surface area contributed by atoms with E-state index >= 15 is 0 Å². The third kappa shape index (κ3) is 7.91. The van der Waals surface area contributed by atoms with Crippen LogP contribution >= 0.6 is 11.3 Å². The Hall–Kier alpha value is -3.16. The second kappa shape index (κ2) is 12.4. The smallest absolute Gasteiger partial charge is 0.274 e. The van der Waals surface area contributed by atoms with Crippen molar-refractivity contribution < 1.29 is 33.2 Å². The summed E-state index contributed by atoms with van der Waals surface area (Å²) in [7, 11) is 1.39. The molecule has 3 heterocycles. The normalized spacial score (nSPS) is 19.1. The number of thiazole rings is 1. The van der Waals surface area contributed by atoms with Crippen molar-refractivity contribution in [2.75, 3.05) is 20.3 Å². The number of ketones is 1. The van der Waals surface area contributed by atoms with Gasteiger partial charge in [-0.05, 0) is 26.2 Å². The van der Waals surface area contributed by atoms with Crippen LogP contribution in [0.25, 0.3) is 0 Å². The second-order valence-corrected chi connectivity index (χ2v) is 10.6. The highest BCUT2D eigenvalue weighted by atomic mass is 32.1. The van der Waals surface area contributed by atoms with E-state index in [2.05, 4.69) is 26.1 Å². The lowest BCUT2D eigenvalue weighted by Gasteiger charge is -2.26. The fourth-order valence-electron chi connectivity index (χ4n) is 3.68. The first-order valence-electron chi connectivity index (χ1n) is 11.9. The molecule has 1 aliphatic rings. The maximum Gasteiger partial charge on any atom is 0.274 e. The number of carbonyl (C=O) groups is 4. The van der Waals surface area contributed by atoms with Crippen LogP contribution in [-0.4, -0.2) is 77.7 Å². The van der Waals surface area contributed by atoms with Crippen molar-refractivity contribution in [3.63, 3.8) is 0 Å². The molecule has 2 aromatic rings. The minimum absolute atomic E-state index is 0.0104. The van der Waals surface area contributed by atoms with Gasteiger partial charge in [0.1, 0.15) is 23.4 Å². The molecule has 13 heteroatoms. The SMILES string of the molecule is COC[C@H](NC(=O)c1cc(C)on1)C(=O)N[C@@H](Cc1cncs1)C(=O)N[C@@H](CC(C)C)C(=O)[C@]1(C)CO1. The molecule has 1 fully saturated rings. The number of hydrogen-bond acceptors (Lipinski definition) is 10. The van der Waals surface area contributed by atoms with Crippen LogP contribution in [-0.2, 0) is 30.3 Å². The number of Topliss-reactive ketones (excluding diaryl/α,β-unsaturated/α-hetero) is 1. The summed E-state index contributed by atoms with van der Waals surface area (Å²) in [4.78, 5) is 56.9. The molecule has 0 aliphatic carbocycles. The highest BCUT2D eigenvalue weighted by molar-refractivity contribution is 7.09. The lowest BCUT2D eigenvalue weighted by atomic mass is 9.93. The molecule has 3 amide bonds. The van der Waals surface area contributed by atoms with Crippen LogP contribution in [0.4, 0.5) is 0 Å². The molecule has 3 rings (SSSR count). The van der Waals surface area contributed by atoms with Crippen molar-refractivity contribution in [1.29, 1.82) is 0 Å². The van der Waals surface area contributed by atoms with Gasteiger partial charge in [-0.3, -0.25) is 24.2 Å². The van der Waals surface area contributed by atoms with Crippen LogP contribution in [0, 0.1) is 12.8 Å². The molecule has 0 saturated carbocycles. The number of rotatable bonds is 14. The molecule has 0 radical (unpaired) electrons. The van der Waals surface area contributed by atoms with Crippen molar-refractivity contribution in [2.24, 2.45) is 5.92 Å². The van der Waals surface area contributed by atoms with Gasteiger partial charge < -0.3 is 29.9 Å². The van der Waals surface area contributed by atoms with Crippen LogP contribution in [0.5, 0.6) is 0 Å². The number of nitrogens with zero attached hydrogens (tertiary/aromatic N) is 2. The van der Waals surface area contributed by atoms with E-state index in [0.29, 0.717) is 18.8 Å². The molecular formula is C24H33N5O7S. The number of methoxy groups -OCH3 is 1. The number of ether oxygens (including phenoxy) is 2. The van der Waals surface area contributed by atoms with Gasteiger partial charge in [0.15, 0.2) is 11.5 Å². The predicted molar refractivity (Wildman–Crippen MR) is 133 cm³/mol. The highest BCUT2D eigenvalue weighted by Crippen LogP contribution is 2.29. The van der Waals surface area contributed by atoms with E-state index in [-0.39, 0.29) is 30.4 Å². The average molecular weight is 536 g/mol. The largest absolute Gasteiger partial charge is 0.382 e. The zero-order chi connectivity index (χ0) is 27.2. The molecule has 2 aromatic heterocycles. The van der Waals surface area contributed by atoms with E-state index in [4.69, 9.17) is 14.0 Å². The molecule has 202 valence electrons. The van der Waals surface area contributed by atoms with Gasteiger partial charge in [0, 0.05) is 30.7 Å². The topological polar surface area (TPSA) is 165 Å². The second-order valence-electron chi connectivity index (χ2n) is 9.61. The van der Waals surface area contributed by atoms with E-state index in [1.165, 1.54) is 24.5 Å². The molecular weight excluding hydrogens is 502 g/mol. The van der Waals surface area contributed by atoms with Gasteiger partial charge in [-0.15, -0.1) is 11.3 Å². The van der Waals surface area contributed by atoms with Gasteiger partial charge in [-0.25, -0.2) is 0 Å². The van der Waals surface area contributed by atoms with E-state index in [1.54, 1.807) is 25.6 Å². The monoisotopic (exact) mass is 535 g/mol. The summed E-state index contributed by atoms with van der Waals surface area (Å²) in [5, 5.41) is 11.7. The quantitative estimate of drug-likeness (QED) is 0.297. The Balaban J connectivity index is 1.75. The van der Waals surface area contributed by atoms with E-state index < -0.39 is 41.4 Å². The number of aromatic nitrogens is 2. The summed E-state index contributed by atoms with van der Waals surface area (Å²) in [5.41, 5.74) is 0.726. The number of amides is 3. The highest BCUT2D eigenvalue weighted by Gasteiger charge is 2.50. The van der Waals surface area contributed by atoms with Gasteiger partial charge in [-0.1, -0.05) is 19.0 Å². The Morgan fingerprint density at radius 2 is 1.81 bits per heavy atom. The van der Waals surface area contributed by atoms with Crippen molar-refractivity contribution in [3.8, 4) is 0 Å². The third-order valence-electron chi connectivity index (χ3n) is 5.78. The van der Waals surface area contributed by atoms with Gasteiger partial charge >= 0.3 is 0 Å². The van der Waals surface area contributed by atoms with Gasteiger partial charge in [-0.2, -0.15) is 0 Å². The fourth-order valence-corrected chi connectivity index (χ4v) is 4.32. The lowest BCUT2D eigenvalue weighted by molar-refractivity contribution is -0.133. The number of nitrogens with one attached hydrogen (secondary N) is 3. The molecule has 0 spiro atoms. The zero-order valence-corrected chi connectivity index (χ0v) is 22.3. The summed E-state index contributed by atoms with van der Waals surface area (Å²) in [6.45, 7) is 7.40. The number of carbonyl (C=O) groups excluding carboxylic acids is 4. The molecule has 37 heavy (non-hydrogen) atoms. The van der Waals surface area contributed by atoms with Crippen molar-refractivity contribution in [1.82, 2.24) is 26.1 Å². The first-order chi connectivity index (χ1) is 17.5. The summed E-state index contributed by atoms with van der Waals surface area (Å²) in [6, 6.07) is -1.48. The van der Waals surface area contributed by atoms with Crippen molar-refractivity contribution in [3.05, 3.63) is 34.1 Å². The maximum absolute atomic E-state index is 13.4. The first-order valence-corrected chi connectivity index (χ1v) is 12.8. The predicted octanol–water partition coefficient (Wildman–Crippen LogP) is 0.801. The fraction of sp³-hybridized carbons (Fsp3) is 0.583. The van der Waals surface area contributed by atoms with E-state index in [0.717, 1.165) is 4.88 Å². The molecule has 4 atom stereocenters. The Morgan fingerprint density at radius 1 is 1.14 bits per heavy atom. The number of aryl methyl sites for hydroxylation is 1. The van der Waals surface area contributed by atoms with Crippen LogP contribution < -0.4 is 16.0 Å². The Labute approximate surface area is 218 Å².